The molecule has 0 fully saturated rings. The molecule has 0 saturated heterocycles. The predicted octanol–water partition coefficient (Wildman–Crippen LogP) is 2.92. The van der Waals surface area contributed by atoms with Gasteiger partial charge in [0, 0.05) is 15.4 Å². The van der Waals surface area contributed by atoms with E-state index in [4.69, 9.17) is 5.53 Å². The molecule has 0 saturated carbocycles. The number of carbonyl (C=O) groups excluding carboxylic acids is 2. The lowest BCUT2D eigenvalue weighted by atomic mass is 9.86. The van der Waals surface area contributed by atoms with E-state index in [1.807, 2.05) is 20.8 Å². The number of thioether (sulfide) groups is 1. The Kier molecular flexibility index (Phi) is 6.21. The number of hydrogen-bond donors (Lipinski definition) is 0. The number of carbonyl (C=O) groups is 2. The van der Waals surface area contributed by atoms with Crippen molar-refractivity contribution in [2.45, 2.75) is 38.9 Å². The Morgan fingerprint density at radius 3 is 2.28 bits per heavy atom. The topological polar surface area (TPSA) is 92.1 Å². The summed E-state index contributed by atoms with van der Waals surface area (Å²) < 4.78 is 4.58. The van der Waals surface area contributed by atoms with Gasteiger partial charge in [-0.3, -0.25) is 9.59 Å². The number of hydrogen-bond acceptors (Lipinski definition) is 4. The first-order valence-electron chi connectivity index (χ1n) is 5.55. The second kappa shape index (κ2) is 6.66. The van der Waals surface area contributed by atoms with Gasteiger partial charge in [-0.25, -0.2) is 0 Å². The standard InChI is InChI=1S/C11H19N3O3S/c1-6-11(9(16)17-5,8(15)13-14-12)7-18-10(2,3)4/h6-7H2,1-5H3/t11-/m0/s1. The van der Waals surface area contributed by atoms with Crippen molar-refractivity contribution in [1.82, 2.24) is 0 Å². The first-order chi connectivity index (χ1) is 8.23. The van der Waals surface area contributed by atoms with E-state index in [-0.39, 0.29) is 16.9 Å². The Hall–Kier alpha value is -1.20. The fourth-order valence-electron chi connectivity index (χ4n) is 1.28. The average molecular weight is 273 g/mol. The predicted molar refractivity (Wildman–Crippen MR) is 71.1 cm³/mol. The molecule has 1 atom stereocenters. The van der Waals surface area contributed by atoms with Gasteiger partial charge in [-0.2, -0.15) is 11.8 Å². The summed E-state index contributed by atoms with van der Waals surface area (Å²) in [7, 11) is 1.22. The van der Waals surface area contributed by atoms with Crippen LogP contribution in [0.25, 0.3) is 10.4 Å². The summed E-state index contributed by atoms with van der Waals surface area (Å²) >= 11 is 1.46. The van der Waals surface area contributed by atoms with Gasteiger partial charge in [-0.05, 0) is 17.1 Å². The molecule has 0 N–H and O–H groups in total. The Labute approximate surface area is 111 Å². The minimum absolute atomic E-state index is 0.106. The number of esters is 1. The normalized spacial score (nSPS) is 14.3. The second-order valence-electron chi connectivity index (χ2n) is 4.82. The molecule has 0 aliphatic rings. The van der Waals surface area contributed by atoms with E-state index in [2.05, 4.69) is 14.8 Å². The van der Waals surface area contributed by atoms with E-state index in [0.29, 0.717) is 0 Å². The molecule has 102 valence electrons. The van der Waals surface area contributed by atoms with Crippen molar-refractivity contribution in [3.8, 4) is 0 Å². The Morgan fingerprint density at radius 1 is 1.39 bits per heavy atom. The van der Waals surface area contributed by atoms with Crippen LogP contribution < -0.4 is 0 Å². The van der Waals surface area contributed by atoms with E-state index in [1.165, 1.54) is 18.9 Å². The molecule has 18 heavy (non-hydrogen) atoms. The lowest BCUT2D eigenvalue weighted by molar-refractivity contribution is -0.156. The summed E-state index contributed by atoms with van der Waals surface area (Å²) in [6.07, 6.45) is 0.237. The lowest BCUT2D eigenvalue weighted by Crippen LogP contribution is -2.42. The number of amides is 1. The minimum Gasteiger partial charge on any atom is -0.468 e. The zero-order chi connectivity index (χ0) is 14.4. The quantitative estimate of drug-likeness (QED) is 0.253. The molecule has 0 aromatic carbocycles. The molecule has 0 aromatic heterocycles. The Morgan fingerprint density at radius 2 is 1.94 bits per heavy atom. The third-order valence-electron chi connectivity index (χ3n) is 2.48. The first-order valence-corrected chi connectivity index (χ1v) is 6.54. The van der Waals surface area contributed by atoms with Crippen LogP contribution in [0.2, 0.25) is 0 Å². The van der Waals surface area contributed by atoms with Crippen molar-refractivity contribution in [1.29, 1.82) is 0 Å². The van der Waals surface area contributed by atoms with Crippen molar-refractivity contribution in [2.24, 2.45) is 10.5 Å². The molecule has 0 rings (SSSR count). The van der Waals surface area contributed by atoms with E-state index in [9.17, 15) is 9.59 Å². The van der Waals surface area contributed by atoms with Crippen LogP contribution in [0.5, 0.6) is 0 Å². The molecule has 0 aromatic rings. The number of methoxy groups -OCH3 is 1. The molecule has 0 bridgehead atoms. The van der Waals surface area contributed by atoms with Crippen LogP contribution in [0.15, 0.2) is 5.11 Å². The van der Waals surface area contributed by atoms with Gasteiger partial charge in [0.1, 0.15) is 5.41 Å². The molecule has 0 heterocycles. The maximum atomic E-state index is 11.9. The van der Waals surface area contributed by atoms with Crippen molar-refractivity contribution < 1.29 is 14.3 Å². The van der Waals surface area contributed by atoms with Gasteiger partial charge in [0.15, 0.2) is 0 Å². The highest BCUT2D eigenvalue weighted by atomic mass is 32.2. The molecule has 6 nitrogen and oxygen atoms in total. The van der Waals surface area contributed by atoms with Gasteiger partial charge in [-0.1, -0.05) is 27.7 Å². The number of nitrogens with zero attached hydrogens (tertiary/aromatic N) is 3. The van der Waals surface area contributed by atoms with Crippen LogP contribution in [0.1, 0.15) is 34.1 Å². The van der Waals surface area contributed by atoms with Crippen molar-refractivity contribution in [2.75, 3.05) is 12.9 Å². The van der Waals surface area contributed by atoms with Crippen LogP contribution in [0, 0.1) is 5.41 Å². The van der Waals surface area contributed by atoms with Gasteiger partial charge in [0.25, 0.3) is 0 Å². The Balaban J connectivity index is 5.30. The highest BCUT2D eigenvalue weighted by Crippen LogP contribution is 2.35. The van der Waals surface area contributed by atoms with E-state index in [1.54, 1.807) is 6.92 Å². The second-order valence-corrected chi connectivity index (χ2v) is 6.62. The number of rotatable bonds is 5. The van der Waals surface area contributed by atoms with Gasteiger partial charge < -0.3 is 4.74 Å². The van der Waals surface area contributed by atoms with Crippen molar-refractivity contribution >= 4 is 23.6 Å². The molecule has 1 amide bonds. The summed E-state index contributed by atoms with van der Waals surface area (Å²) in [5.74, 6) is -1.20. The third-order valence-corrected chi connectivity index (χ3v) is 3.98. The van der Waals surface area contributed by atoms with Gasteiger partial charge >= 0.3 is 5.97 Å². The van der Waals surface area contributed by atoms with Gasteiger partial charge in [-0.15, -0.1) is 0 Å². The molecule has 0 radical (unpaired) electrons. The summed E-state index contributed by atoms with van der Waals surface area (Å²) in [6.45, 7) is 7.64. The highest BCUT2D eigenvalue weighted by molar-refractivity contribution is 8.00. The maximum Gasteiger partial charge on any atom is 0.320 e. The molecule has 7 heteroatoms. The van der Waals surface area contributed by atoms with E-state index in [0.717, 1.165) is 0 Å². The van der Waals surface area contributed by atoms with Crippen LogP contribution in [-0.4, -0.2) is 29.5 Å². The van der Waals surface area contributed by atoms with E-state index >= 15 is 0 Å². The fraction of sp³-hybridized carbons (Fsp3) is 0.818. The first kappa shape index (κ1) is 16.8. The average Bonchev–Trinajstić information content (AvgIpc) is 2.29. The molecule has 0 spiro atoms. The third kappa shape index (κ3) is 4.23. The summed E-state index contributed by atoms with van der Waals surface area (Å²) in [6, 6.07) is 0. The molecule has 0 aliphatic carbocycles. The molecule has 0 aliphatic heterocycles. The maximum absolute atomic E-state index is 11.9. The van der Waals surface area contributed by atoms with Crippen molar-refractivity contribution in [3.05, 3.63) is 10.4 Å². The van der Waals surface area contributed by atoms with Crippen LogP contribution in [0.3, 0.4) is 0 Å². The highest BCUT2D eigenvalue weighted by Gasteiger charge is 2.45. The number of ether oxygens (including phenoxy) is 1. The summed E-state index contributed by atoms with van der Waals surface area (Å²) in [4.78, 5) is 26.2. The van der Waals surface area contributed by atoms with Crippen LogP contribution in [0.4, 0.5) is 0 Å². The number of azide groups is 1. The largest absolute Gasteiger partial charge is 0.468 e. The molecule has 0 unspecified atom stereocenters. The van der Waals surface area contributed by atoms with E-state index < -0.39 is 17.3 Å². The van der Waals surface area contributed by atoms with Crippen LogP contribution >= 0.6 is 11.8 Å². The zero-order valence-corrected chi connectivity index (χ0v) is 12.2. The Bertz CT molecular complexity index is 372. The SMILES string of the molecule is CC[C@](CSC(C)(C)C)(C(=O)N=[N+]=[N-])C(=O)OC. The van der Waals surface area contributed by atoms with Crippen molar-refractivity contribution in [3.63, 3.8) is 0 Å². The fourth-order valence-corrected chi connectivity index (χ4v) is 2.40. The molecular formula is C11H19N3O3S. The smallest absolute Gasteiger partial charge is 0.320 e. The monoisotopic (exact) mass is 273 g/mol. The summed E-state index contributed by atoms with van der Waals surface area (Å²) in [5, 5.41) is 3.07. The minimum atomic E-state index is -1.39. The van der Waals surface area contributed by atoms with Crippen LogP contribution in [-0.2, 0) is 14.3 Å². The van der Waals surface area contributed by atoms with Gasteiger partial charge in [0.2, 0.25) is 5.91 Å². The lowest BCUT2D eigenvalue weighted by Gasteiger charge is -2.29. The zero-order valence-electron chi connectivity index (χ0n) is 11.4. The molecular weight excluding hydrogens is 254 g/mol. The van der Waals surface area contributed by atoms with Gasteiger partial charge in [0.05, 0.1) is 7.11 Å². The summed E-state index contributed by atoms with van der Waals surface area (Å²) in [5.41, 5.74) is 6.97.